The Labute approximate surface area is 167 Å². The molecule has 6 heteroatoms. The van der Waals surface area contributed by atoms with Gasteiger partial charge in [-0.1, -0.05) is 42.5 Å². The van der Waals surface area contributed by atoms with Crippen molar-refractivity contribution >= 4 is 24.0 Å². The Morgan fingerprint density at radius 2 is 1.59 bits per heavy atom. The molecular weight excluding hydrogens is 360 g/mol. The number of amides is 1. The number of nitrogens with two attached hydrogens (primary N) is 1. The number of piperazine rings is 1. The molecule has 0 aromatic heterocycles. The van der Waals surface area contributed by atoms with Crippen LogP contribution < -0.4 is 16.0 Å². The summed E-state index contributed by atoms with van der Waals surface area (Å²) in [6.45, 7) is 7.28. The van der Waals surface area contributed by atoms with Crippen LogP contribution >= 0.6 is 12.4 Å². The minimum Gasteiger partial charge on any atom is -0.369 e. The van der Waals surface area contributed by atoms with Crippen molar-refractivity contribution in [1.82, 2.24) is 10.2 Å². The van der Waals surface area contributed by atoms with Gasteiger partial charge in [0.2, 0.25) is 5.91 Å². The fraction of sp³-hybridized carbons (Fsp3) is 0.381. The molecule has 5 nitrogen and oxygen atoms in total. The van der Waals surface area contributed by atoms with Crippen LogP contribution in [0.15, 0.2) is 54.6 Å². The van der Waals surface area contributed by atoms with Gasteiger partial charge in [0.1, 0.15) is 0 Å². The molecule has 2 aromatic carbocycles. The third kappa shape index (κ3) is 5.96. The zero-order chi connectivity index (χ0) is 18.4. The first-order valence-electron chi connectivity index (χ1n) is 9.26. The maximum Gasteiger partial charge on any atom is 0.236 e. The third-order valence-corrected chi connectivity index (χ3v) is 4.87. The fourth-order valence-electron chi connectivity index (χ4n) is 3.27. The van der Waals surface area contributed by atoms with Gasteiger partial charge in [0.05, 0.1) is 6.04 Å². The van der Waals surface area contributed by atoms with Crippen molar-refractivity contribution in [3.8, 4) is 0 Å². The maximum absolute atomic E-state index is 11.7. The number of carbonyl (C=O) groups is 1. The number of hydrogen-bond acceptors (Lipinski definition) is 4. The van der Waals surface area contributed by atoms with Crippen LogP contribution in [0.3, 0.4) is 0 Å². The lowest BCUT2D eigenvalue weighted by Crippen LogP contribution is -2.46. The summed E-state index contributed by atoms with van der Waals surface area (Å²) in [4.78, 5) is 16.6. The first-order valence-corrected chi connectivity index (χ1v) is 9.26. The molecule has 1 unspecified atom stereocenters. The van der Waals surface area contributed by atoms with Crippen molar-refractivity contribution in [3.63, 3.8) is 0 Å². The predicted octanol–water partition coefficient (Wildman–Crippen LogP) is 2.39. The lowest BCUT2D eigenvalue weighted by molar-refractivity contribution is -0.122. The summed E-state index contributed by atoms with van der Waals surface area (Å²) in [6.07, 6.45) is 0. The molecule has 0 saturated carbocycles. The van der Waals surface area contributed by atoms with Crippen molar-refractivity contribution in [2.24, 2.45) is 5.73 Å². The second-order valence-electron chi connectivity index (χ2n) is 6.87. The number of benzene rings is 2. The van der Waals surface area contributed by atoms with Crippen molar-refractivity contribution in [2.75, 3.05) is 31.1 Å². The van der Waals surface area contributed by atoms with Crippen molar-refractivity contribution in [2.45, 2.75) is 26.1 Å². The van der Waals surface area contributed by atoms with E-state index in [0.717, 1.165) is 38.3 Å². The van der Waals surface area contributed by atoms with Gasteiger partial charge in [-0.15, -0.1) is 12.4 Å². The summed E-state index contributed by atoms with van der Waals surface area (Å²) >= 11 is 0. The quantitative estimate of drug-likeness (QED) is 0.797. The van der Waals surface area contributed by atoms with E-state index in [2.05, 4.69) is 63.6 Å². The van der Waals surface area contributed by atoms with Gasteiger partial charge in [-0.3, -0.25) is 9.69 Å². The Morgan fingerprint density at radius 1 is 1.00 bits per heavy atom. The number of rotatable bonds is 6. The number of nitrogens with zero attached hydrogens (tertiary/aromatic N) is 2. The molecule has 1 aliphatic heterocycles. The van der Waals surface area contributed by atoms with Gasteiger partial charge in [0, 0.05) is 45.0 Å². The highest BCUT2D eigenvalue weighted by molar-refractivity contribution is 5.85. The van der Waals surface area contributed by atoms with Crippen LogP contribution in [-0.4, -0.2) is 43.0 Å². The van der Waals surface area contributed by atoms with Crippen LogP contribution in [0.2, 0.25) is 0 Å². The molecule has 3 N–H and O–H groups in total. The van der Waals surface area contributed by atoms with Crippen molar-refractivity contribution in [3.05, 3.63) is 65.7 Å². The van der Waals surface area contributed by atoms with E-state index < -0.39 is 6.04 Å². The molecule has 3 rings (SSSR count). The molecule has 146 valence electrons. The smallest absolute Gasteiger partial charge is 0.236 e. The Balaban J connectivity index is 0.00000261. The highest BCUT2D eigenvalue weighted by Crippen LogP contribution is 2.18. The normalized spacial score (nSPS) is 15.7. The van der Waals surface area contributed by atoms with Gasteiger partial charge in [0.15, 0.2) is 0 Å². The molecule has 1 fully saturated rings. The summed E-state index contributed by atoms with van der Waals surface area (Å²) < 4.78 is 0. The number of halogens is 1. The summed E-state index contributed by atoms with van der Waals surface area (Å²) in [5, 5.41) is 2.91. The van der Waals surface area contributed by atoms with Gasteiger partial charge in [-0.2, -0.15) is 0 Å². The fourth-order valence-corrected chi connectivity index (χ4v) is 3.27. The largest absolute Gasteiger partial charge is 0.369 e. The van der Waals surface area contributed by atoms with Gasteiger partial charge < -0.3 is 16.0 Å². The second kappa shape index (κ2) is 10.3. The minimum atomic E-state index is -0.478. The van der Waals surface area contributed by atoms with E-state index in [1.165, 1.54) is 11.3 Å². The van der Waals surface area contributed by atoms with Gasteiger partial charge in [-0.05, 0) is 30.2 Å². The molecule has 1 aliphatic rings. The Bertz CT molecular complexity index is 715. The molecule has 1 atom stereocenters. The van der Waals surface area contributed by atoms with E-state index in [9.17, 15) is 4.79 Å². The number of hydrogen-bond donors (Lipinski definition) is 2. The van der Waals surface area contributed by atoms with Crippen molar-refractivity contribution in [1.29, 1.82) is 0 Å². The molecule has 0 radical (unpaired) electrons. The number of anilines is 1. The SMILES string of the molecule is CC(N)C(=O)NCc1ccccc1CN1CCN(c2ccccc2)CC1.Cl. The molecule has 1 amide bonds. The highest BCUT2D eigenvalue weighted by atomic mass is 35.5. The average Bonchev–Trinajstić information content (AvgIpc) is 2.68. The Morgan fingerprint density at radius 3 is 2.22 bits per heavy atom. The van der Waals surface area contributed by atoms with E-state index in [4.69, 9.17) is 5.73 Å². The second-order valence-corrected chi connectivity index (χ2v) is 6.87. The van der Waals surface area contributed by atoms with Gasteiger partial charge in [-0.25, -0.2) is 0 Å². The number of carbonyl (C=O) groups excluding carboxylic acids is 1. The molecule has 2 aromatic rings. The zero-order valence-corrected chi connectivity index (χ0v) is 16.6. The number of para-hydroxylation sites is 1. The van der Waals surface area contributed by atoms with Crippen LogP contribution in [0.1, 0.15) is 18.1 Å². The summed E-state index contributed by atoms with van der Waals surface area (Å²) in [5.41, 5.74) is 9.35. The monoisotopic (exact) mass is 388 g/mol. The number of nitrogens with one attached hydrogen (secondary N) is 1. The van der Waals surface area contributed by atoms with Crippen LogP contribution in [0.5, 0.6) is 0 Å². The topological polar surface area (TPSA) is 61.6 Å². The van der Waals surface area contributed by atoms with Gasteiger partial charge >= 0.3 is 0 Å². The maximum atomic E-state index is 11.7. The molecule has 1 saturated heterocycles. The van der Waals surface area contributed by atoms with E-state index in [1.54, 1.807) is 6.92 Å². The summed E-state index contributed by atoms with van der Waals surface area (Å²) in [6, 6.07) is 18.4. The molecule has 1 heterocycles. The molecule has 0 bridgehead atoms. The summed E-state index contributed by atoms with van der Waals surface area (Å²) in [5.74, 6) is -0.115. The van der Waals surface area contributed by atoms with Crippen LogP contribution in [0.4, 0.5) is 5.69 Å². The zero-order valence-electron chi connectivity index (χ0n) is 15.8. The highest BCUT2D eigenvalue weighted by Gasteiger charge is 2.18. The average molecular weight is 389 g/mol. The van der Waals surface area contributed by atoms with E-state index in [1.807, 2.05) is 6.07 Å². The lowest BCUT2D eigenvalue weighted by Gasteiger charge is -2.36. The van der Waals surface area contributed by atoms with E-state index in [-0.39, 0.29) is 18.3 Å². The summed E-state index contributed by atoms with van der Waals surface area (Å²) in [7, 11) is 0. The van der Waals surface area contributed by atoms with Crippen LogP contribution in [0, 0.1) is 0 Å². The first-order chi connectivity index (χ1) is 12.6. The van der Waals surface area contributed by atoms with Crippen LogP contribution in [0.25, 0.3) is 0 Å². The first kappa shape index (κ1) is 21.2. The lowest BCUT2D eigenvalue weighted by atomic mass is 10.1. The Hall–Kier alpha value is -2.08. The van der Waals surface area contributed by atoms with E-state index >= 15 is 0 Å². The molecule has 0 aliphatic carbocycles. The minimum absolute atomic E-state index is 0. The van der Waals surface area contributed by atoms with E-state index in [0.29, 0.717) is 6.54 Å². The molecule has 27 heavy (non-hydrogen) atoms. The van der Waals surface area contributed by atoms with Gasteiger partial charge in [0.25, 0.3) is 0 Å². The molecule has 0 spiro atoms. The third-order valence-electron chi connectivity index (χ3n) is 4.87. The Kier molecular flexibility index (Phi) is 8.10. The predicted molar refractivity (Wildman–Crippen MR) is 113 cm³/mol. The standard InChI is InChI=1S/C21H28N4O.ClH/c1-17(22)21(26)23-15-18-7-5-6-8-19(18)16-24-11-13-25(14-12-24)20-9-3-2-4-10-20;/h2-10,17H,11-16,22H2,1H3,(H,23,26);1H. The van der Waals surface area contributed by atoms with Crippen LogP contribution in [-0.2, 0) is 17.9 Å². The van der Waals surface area contributed by atoms with Crippen molar-refractivity contribution < 1.29 is 4.79 Å². The molecular formula is C21H29ClN4O.